The van der Waals surface area contributed by atoms with E-state index in [1.54, 1.807) is 11.8 Å². The Morgan fingerprint density at radius 3 is 2.43 bits per heavy atom. The summed E-state index contributed by atoms with van der Waals surface area (Å²) in [5.74, 6) is 0.157. The van der Waals surface area contributed by atoms with Crippen LogP contribution in [0.1, 0.15) is 46.0 Å². The Morgan fingerprint density at radius 2 is 1.95 bits per heavy atom. The molecule has 1 aliphatic rings. The van der Waals surface area contributed by atoms with E-state index in [2.05, 4.69) is 19.2 Å². The first-order valence-electron chi connectivity index (χ1n) is 7.74. The fourth-order valence-electron chi connectivity index (χ4n) is 2.73. The van der Waals surface area contributed by atoms with Crippen molar-refractivity contribution in [1.82, 2.24) is 10.2 Å². The number of thioether (sulfide) groups is 1. The van der Waals surface area contributed by atoms with E-state index in [1.807, 2.05) is 11.2 Å². The molecule has 1 atom stereocenters. The first-order chi connectivity index (χ1) is 9.95. The maximum absolute atomic E-state index is 12.5. The Balaban J connectivity index is 2.66. The fourth-order valence-corrected chi connectivity index (χ4v) is 3.20. The molecule has 5 nitrogen and oxygen atoms in total. The van der Waals surface area contributed by atoms with Crippen molar-refractivity contribution in [1.29, 1.82) is 0 Å². The van der Waals surface area contributed by atoms with Gasteiger partial charge in [-0.2, -0.15) is 11.8 Å². The lowest BCUT2D eigenvalue weighted by atomic mass is 10.1. The van der Waals surface area contributed by atoms with Crippen LogP contribution in [0.15, 0.2) is 0 Å². The summed E-state index contributed by atoms with van der Waals surface area (Å²) in [5.41, 5.74) is 0. The van der Waals surface area contributed by atoms with Crippen LogP contribution in [0.5, 0.6) is 0 Å². The van der Waals surface area contributed by atoms with E-state index in [9.17, 15) is 14.7 Å². The van der Waals surface area contributed by atoms with Crippen molar-refractivity contribution < 1.29 is 14.7 Å². The second-order valence-corrected chi connectivity index (χ2v) is 7.09. The highest BCUT2D eigenvalue weighted by Gasteiger charge is 2.29. The Labute approximate surface area is 131 Å². The van der Waals surface area contributed by atoms with E-state index < -0.39 is 12.0 Å². The van der Waals surface area contributed by atoms with Gasteiger partial charge in [0.15, 0.2) is 0 Å². The van der Waals surface area contributed by atoms with Crippen LogP contribution in [0.25, 0.3) is 0 Å². The van der Waals surface area contributed by atoms with Crippen molar-refractivity contribution in [3.8, 4) is 0 Å². The van der Waals surface area contributed by atoms with Gasteiger partial charge in [0, 0.05) is 12.6 Å². The summed E-state index contributed by atoms with van der Waals surface area (Å²) in [6, 6.07) is -0.743. The molecule has 0 heterocycles. The number of urea groups is 1. The lowest BCUT2D eigenvalue weighted by molar-refractivity contribution is -0.139. The number of rotatable bonds is 8. The Bertz CT molecular complexity index is 344. The van der Waals surface area contributed by atoms with Crippen LogP contribution < -0.4 is 5.32 Å². The van der Waals surface area contributed by atoms with Gasteiger partial charge < -0.3 is 15.3 Å². The van der Waals surface area contributed by atoms with E-state index in [-0.39, 0.29) is 12.1 Å². The quantitative estimate of drug-likeness (QED) is 0.722. The van der Waals surface area contributed by atoms with Crippen molar-refractivity contribution in [2.75, 3.05) is 18.6 Å². The number of amides is 2. The normalized spacial score (nSPS) is 17.0. The predicted octanol–water partition coefficient (Wildman–Crippen LogP) is 2.80. The molecule has 0 bridgehead atoms. The van der Waals surface area contributed by atoms with Gasteiger partial charge in [0.2, 0.25) is 0 Å². The van der Waals surface area contributed by atoms with Crippen molar-refractivity contribution in [3.63, 3.8) is 0 Å². The smallest absolute Gasteiger partial charge is 0.326 e. The molecule has 0 aromatic carbocycles. The first kappa shape index (κ1) is 18.1. The van der Waals surface area contributed by atoms with Crippen LogP contribution in [-0.4, -0.2) is 52.6 Å². The summed E-state index contributed by atoms with van der Waals surface area (Å²) in [6.07, 6.45) is 6.76. The van der Waals surface area contributed by atoms with Gasteiger partial charge in [-0.3, -0.25) is 0 Å². The van der Waals surface area contributed by atoms with Gasteiger partial charge in [-0.05, 0) is 37.2 Å². The molecule has 0 spiro atoms. The number of carboxylic acids is 1. The number of nitrogens with one attached hydrogen (secondary N) is 1. The molecule has 0 unspecified atom stereocenters. The molecule has 2 N–H and O–H groups in total. The monoisotopic (exact) mass is 316 g/mol. The standard InChI is InChI=1S/C15H28N2O3S/c1-11(2)10-17(12-6-4-5-7-12)15(20)16-13(14(18)19)8-9-21-3/h11-13H,4-10H2,1-3H3,(H,16,20)(H,18,19)/t13-/m0/s1. The molecule has 1 aliphatic carbocycles. The topological polar surface area (TPSA) is 69.6 Å². The minimum atomic E-state index is -0.951. The molecule has 0 saturated heterocycles. The molecule has 0 aliphatic heterocycles. The van der Waals surface area contributed by atoms with E-state index in [1.165, 1.54) is 0 Å². The average molecular weight is 316 g/mol. The Kier molecular flexibility index (Phi) is 7.93. The molecule has 1 rings (SSSR count). The van der Waals surface area contributed by atoms with E-state index in [0.29, 0.717) is 18.9 Å². The zero-order chi connectivity index (χ0) is 15.8. The maximum Gasteiger partial charge on any atom is 0.326 e. The number of carbonyl (C=O) groups excluding carboxylic acids is 1. The number of carboxylic acid groups (broad SMARTS) is 1. The van der Waals surface area contributed by atoms with Gasteiger partial charge in [0.25, 0.3) is 0 Å². The molecule has 21 heavy (non-hydrogen) atoms. The van der Waals surface area contributed by atoms with Gasteiger partial charge in [0.05, 0.1) is 0 Å². The van der Waals surface area contributed by atoms with E-state index in [0.717, 1.165) is 31.4 Å². The SMILES string of the molecule is CSCC[C@H](NC(=O)N(CC(C)C)C1CCCC1)C(=O)O. The summed E-state index contributed by atoms with van der Waals surface area (Å²) >= 11 is 1.59. The van der Waals surface area contributed by atoms with Gasteiger partial charge in [-0.25, -0.2) is 9.59 Å². The van der Waals surface area contributed by atoms with Crippen LogP contribution >= 0.6 is 11.8 Å². The van der Waals surface area contributed by atoms with Crippen molar-refractivity contribution in [2.45, 2.75) is 58.0 Å². The summed E-state index contributed by atoms with van der Waals surface area (Å²) < 4.78 is 0. The highest BCUT2D eigenvalue weighted by Crippen LogP contribution is 2.24. The molecule has 122 valence electrons. The van der Waals surface area contributed by atoms with Crippen LogP contribution in [-0.2, 0) is 4.79 Å². The predicted molar refractivity (Wildman–Crippen MR) is 86.8 cm³/mol. The molecule has 0 aromatic rings. The largest absolute Gasteiger partial charge is 0.480 e. The second kappa shape index (κ2) is 9.18. The number of hydrogen-bond donors (Lipinski definition) is 2. The van der Waals surface area contributed by atoms with Crippen molar-refractivity contribution in [2.24, 2.45) is 5.92 Å². The third-order valence-electron chi connectivity index (χ3n) is 3.79. The molecule has 1 fully saturated rings. The van der Waals surface area contributed by atoms with Crippen molar-refractivity contribution >= 4 is 23.8 Å². The van der Waals surface area contributed by atoms with Crippen LogP contribution in [0.4, 0.5) is 4.79 Å². The summed E-state index contributed by atoms with van der Waals surface area (Å²) in [6.45, 7) is 4.85. The molecular formula is C15H28N2O3S. The Morgan fingerprint density at radius 1 is 1.33 bits per heavy atom. The summed E-state index contributed by atoms with van der Waals surface area (Å²) in [5, 5.41) is 11.9. The molecule has 1 saturated carbocycles. The molecule has 6 heteroatoms. The van der Waals surface area contributed by atoms with Gasteiger partial charge >= 0.3 is 12.0 Å². The van der Waals surface area contributed by atoms with Gasteiger partial charge in [0.1, 0.15) is 6.04 Å². The van der Waals surface area contributed by atoms with Crippen molar-refractivity contribution in [3.05, 3.63) is 0 Å². The highest BCUT2D eigenvalue weighted by molar-refractivity contribution is 7.98. The number of hydrogen-bond acceptors (Lipinski definition) is 3. The van der Waals surface area contributed by atoms with Crippen LogP contribution in [0, 0.1) is 5.92 Å². The van der Waals surface area contributed by atoms with E-state index >= 15 is 0 Å². The van der Waals surface area contributed by atoms with E-state index in [4.69, 9.17) is 0 Å². The molecular weight excluding hydrogens is 288 g/mol. The second-order valence-electron chi connectivity index (χ2n) is 6.11. The molecule has 0 radical (unpaired) electrons. The lowest BCUT2D eigenvalue weighted by Gasteiger charge is -2.31. The molecule has 0 aromatic heterocycles. The van der Waals surface area contributed by atoms with Gasteiger partial charge in [-0.15, -0.1) is 0 Å². The van der Waals surface area contributed by atoms with Crippen LogP contribution in [0.3, 0.4) is 0 Å². The first-order valence-corrected chi connectivity index (χ1v) is 9.14. The number of aliphatic carboxylic acids is 1. The summed E-state index contributed by atoms with van der Waals surface area (Å²) in [4.78, 5) is 25.6. The number of carbonyl (C=O) groups is 2. The third-order valence-corrected chi connectivity index (χ3v) is 4.44. The minimum absolute atomic E-state index is 0.218. The highest BCUT2D eigenvalue weighted by atomic mass is 32.2. The zero-order valence-electron chi connectivity index (χ0n) is 13.3. The van der Waals surface area contributed by atoms with Crippen LogP contribution in [0.2, 0.25) is 0 Å². The molecule has 2 amide bonds. The summed E-state index contributed by atoms with van der Waals surface area (Å²) in [7, 11) is 0. The lowest BCUT2D eigenvalue weighted by Crippen LogP contribution is -2.52. The number of nitrogens with zero attached hydrogens (tertiary/aromatic N) is 1. The third kappa shape index (κ3) is 6.16. The maximum atomic E-state index is 12.5. The average Bonchev–Trinajstić information content (AvgIpc) is 2.93. The minimum Gasteiger partial charge on any atom is -0.480 e. The van der Waals surface area contributed by atoms with Gasteiger partial charge in [-0.1, -0.05) is 26.7 Å². The Hall–Kier alpha value is -0.910. The fraction of sp³-hybridized carbons (Fsp3) is 0.867. The zero-order valence-corrected chi connectivity index (χ0v) is 14.1.